The van der Waals surface area contributed by atoms with Crippen molar-refractivity contribution in [2.24, 2.45) is 0 Å². The number of carbonyl (C=O) groups excluding carboxylic acids is 3. The summed E-state index contributed by atoms with van der Waals surface area (Å²) in [4.78, 5) is 39.2. The van der Waals surface area contributed by atoms with Crippen LogP contribution in [-0.4, -0.2) is 28.8 Å². The molecule has 3 unspecified atom stereocenters. The van der Waals surface area contributed by atoms with Crippen molar-refractivity contribution in [3.63, 3.8) is 0 Å². The Bertz CT molecular complexity index is 1440. The fourth-order valence-electron chi connectivity index (χ4n) is 4.64. The van der Waals surface area contributed by atoms with Crippen molar-refractivity contribution in [1.82, 2.24) is 15.8 Å². The van der Waals surface area contributed by atoms with Crippen LogP contribution in [0, 0.1) is 0 Å². The van der Waals surface area contributed by atoms with E-state index in [1.165, 1.54) is 5.01 Å². The third-order valence-corrected chi connectivity index (χ3v) is 6.72. The second-order valence-electron chi connectivity index (χ2n) is 9.28. The Kier molecular flexibility index (Phi) is 7.68. The van der Waals surface area contributed by atoms with Gasteiger partial charge in [0.25, 0.3) is 17.7 Å². The van der Waals surface area contributed by atoms with Gasteiger partial charge in [-0.05, 0) is 53.9 Å². The highest BCUT2D eigenvalue weighted by Crippen LogP contribution is 2.36. The highest BCUT2D eigenvalue weighted by molar-refractivity contribution is 5.98. The molecule has 0 bridgehead atoms. The molecule has 4 aromatic carbocycles. The molecule has 2 N–H and O–H groups in total. The molecule has 4 aromatic rings. The summed E-state index contributed by atoms with van der Waals surface area (Å²) in [6.45, 7) is 1.97. The van der Waals surface area contributed by atoms with Gasteiger partial charge in [0.05, 0.1) is 6.04 Å². The molecule has 0 aromatic heterocycles. The molecule has 196 valence electrons. The molecule has 5 rings (SSSR count). The maximum Gasteiger partial charge on any atom is 0.285 e. The van der Waals surface area contributed by atoms with Crippen LogP contribution in [0.25, 0.3) is 0 Å². The summed E-state index contributed by atoms with van der Waals surface area (Å²) in [7, 11) is 0. The van der Waals surface area contributed by atoms with Gasteiger partial charge in [0.1, 0.15) is 11.8 Å². The van der Waals surface area contributed by atoms with Crippen molar-refractivity contribution in [2.45, 2.75) is 31.5 Å². The Morgan fingerprint density at radius 2 is 1.41 bits per heavy atom. The van der Waals surface area contributed by atoms with Gasteiger partial charge in [0, 0.05) is 11.1 Å². The minimum atomic E-state index is -0.765. The number of hydrazine groups is 1. The molecule has 1 heterocycles. The minimum Gasteiger partial charge on any atom is -0.478 e. The fourth-order valence-corrected chi connectivity index (χ4v) is 4.64. The Hall–Kier alpha value is -4.91. The van der Waals surface area contributed by atoms with Crippen molar-refractivity contribution in [3.8, 4) is 5.75 Å². The molecular weight excluding hydrogens is 490 g/mol. The number of rotatable bonds is 9. The summed E-state index contributed by atoms with van der Waals surface area (Å²) >= 11 is 0. The molecule has 0 radical (unpaired) electrons. The molecule has 0 aliphatic carbocycles. The number of nitrogens with zero attached hydrogens (tertiary/aromatic N) is 1. The zero-order valence-electron chi connectivity index (χ0n) is 21.5. The van der Waals surface area contributed by atoms with Gasteiger partial charge in [-0.1, -0.05) is 85.8 Å². The predicted octanol–water partition coefficient (Wildman–Crippen LogP) is 5.24. The summed E-state index contributed by atoms with van der Waals surface area (Å²) in [6, 6.07) is 33.9. The van der Waals surface area contributed by atoms with Crippen LogP contribution in [0.4, 0.5) is 0 Å². The van der Waals surface area contributed by atoms with Crippen molar-refractivity contribution in [1.29, 1.82) is 0 Å². The maximum absolute atomic E-state index is 13.3. The highest BCUT2D eigenvalue weighted by atomic mass is 16.5. The summed E-state index contributed by atoms with van der Waals surface area (Å²) in [5.41, 5.74) is 5.38. The molecule has 0 spiro atoms. The second-order valence-corrected chi connectivity index (χ2v) is 9.28. The van der Waals surface area contributed by atoms with E-state index in [2.05, 4.69) is 10.7 Å². The Labute approximate surface area is 227 Å². The van der Waals surface area contributed by atoms with Crippen LogP contribution in [0.15, 0.2) is 115 Å². The Morgan fingerprint density at radius 1 is 0.795 bits per heavy atom. The number of benzene rings is 4. The smallest absolute Gasteiger partial charge is 0.285 e. The van der Waals surface area contributed by atoms with Gasteiger partial charge in [0.15, 0.2) is 0 Å². The molecule has 1 fully saturated rings. The number of amides is 3. The highest BCUT2D eigenvalue weighted by Gasteiger charge is 2.51. The largest absolute Gasteiger partial charge is 0.478 e. The lowest BCUT2D eigenvalue weighted by molar-refractivity contribution is -0.169. The van der Waals surface area contributed by atoms with Gasteiger partial charge in [-0.3, -0.25) is 19.8 Å². The van der Waals surface area contributed by atoms with Crippen molar-refractivity contribution < 1.29 is 19.1 Å². The molecule has 1 aliphatic heterocycles. The molecule has 1 aliphatic rings. The Balaban J connectivity index is 1.32. The first-order valence-corrected chi connectivity index (χ1v) is 12.9. The lowest BCUT2D eigenvalue weighted by atomic mass is 9.92. The van der Waals surface area contributed by atoms with E-state index in [1.807, 2.05) is 79.7 Å². The first kappa shape index (κ1) is 25.7. The topological polar surface area (TPSA) is 87.7 Å². The third kappa shape index (κ3) is 5.67. The van der Waals surface area contributed by atoms with Crippen LogP contribution >= 0.6 is 0 Å². The van der Waals surface area contributed by atoms with E-state index in [-0.39, 0.29) is 17.9 Å². The SMILES string of the molecule is CCC(NC(=O)c1ccccc1)c1cccc(C(=O)NN2C(=O)C(Oc3ccccc3)C2c2ccccc2)c1. The first-order chi connectivity index (χ1) is 19.0. The van der Waals surface area contributed by atoms with E-state index in [0.29, 0.717) is 23.3 Å². The van der Waals surface area contributed by atoms with Crippen LogP contribution in [0.5, 0.6) is 5.75 Å². The molecule has 1 saturated heterocycles. The van der Waals surface area contributed by atoms with Gasteiger partial charge in [-0.15, -0.1) is 0 Å². The summed E-state index contributed by atoms with van der Waals surface area (Å²) in [5, 5.41) is 4.37. The van der Waals surface area contributed by atoms with Crippen LogP contribution in [-0.2, 0) is 4.79 Å². The quantitative estimate of drug-likeness (QED) is 0.296. The van der Waals surface area contributed by atoms with E-state index >= 15 is 0 Å². The van der Waals surface area contributed by atoms with E-state index in [4.69, 9.17) is 4.74 Å². The molecule has 0 saturated carbocycles. The normalized spacial score (nSPS) is 17.1. The van der Waals surface area contributed by atoms with E-state index in [0.717, 1.165) is 11.1 Å². The van der Waals surface area contributed by atoms with E-state index in [9.17, 15) is 14.4 Å². The summed E-state index contributed by atoms with van der Waals surface area (Å²) < 4.78 is 6.00. The van der Waals surface area contributed by atoms with Crippen LogP contribution in [0.3, 0.4) is 0 Å². The average Bonchev–Trinajstić information content (AvgIpc) is 3.00. The van der Waals surface area contributed by atoms with Gasteiger partial charge in [0.2, 0.25) is 6.10 Å². The molecule has 39 heavy (non-hydrogen) atoms. The zero-order chi connectivity index (χ0) is 27.2. The number of para-hydroxylation sites is 1. The monoisotopic (exact) mass is 519 g/mol. The summed E-state index contributed by atoms with van der Waals surface area (Å²) in [6.07, 6.45) is -0.123. The van der Waals surface area contributed by atoms with Gasteiger partial charge < -0.3 is 10.1 Å². The molecule has 3 atom stereocenters. The lowest BCUT2D eigenvalue weighted by Gasteiger charge is -2.46. The third-order valence-electron chi connectivity index (χ3n) is 6.72. The minimum absolute atomic E-state index is 0.182. The number of carbonyl (C=O) groups is 3. The fraction of sp³-hybridized carbons (Fsp3) is 0.156. The predicted molar refractivity (Wildman–Crippen MR) is 148 cm³/mol. The summed E-state index contributed by atoms with van der Waals surface area (Å²) in [5.74, 6) is -0.357. The van der Waals surface area contributed by atoms with Crippen molar-refractivity contribution in [2.75, 3.05) is 0 Å². The number of ether oxygens (including phenoxy) is 1. The molecule has 3 amide bonds. The Morgan fingerprint density at radius 3 is 2.08 bits per heavy atom. The first-order valence-electron chi connectivity index (χ1n) is 12.9. The van der Waals surface area contributed by atoms with Gasteiger partial charge in [-0.2, -0.15) is 0 Å². The standard InChI is InChI=1S/C32H29N3O4/c1-2-27(33-30(36)23-15-8-4-9-16-23)24-17-12-18-25(21-24)31(37)34-35-28(22-13-6-3-7-14-22)29(32(35)38)39-26-19-10-5-11-20-26/h3-21,27-29H,2H2,1H3,(H,33,36)(H,34,37). The van der Waals surface area contributed by atoms with Crippen LogP contribution < -0.4 is 15.5 Å². The van der Waals surface area contributed by atoms with Crippen LogP contribution in [0.2, 0.25) is 0 Å². The number of hydrogen-bond donors (Lipinski definition) is 2. The number of nitrogens with one attached hydrogen (secondary N) is 2. The van der Waals surface area contributed by atoms with Gasteiger partial charge >= 0.3 is 0 Å². The second kappa shape index (κ2) is 11.6. The molecular formula is C32H29N3O4. The van der Waals surface area contributed by atoms with E-state index in [1.54, 1.807) is 42.5 Å². The van der Waals surface area contributed by atoms with Crippen molar-refractivity contribution in [3.05, 3.63) is 138 Å². The maximum atomic E-state index is 13.3. The van der Waals surface area contributed by atoms with Crippen molar-refractivity contribution >= 4 is 17.7 Å². The van der Waals surface area contributed by atoms with E-state index < -0.39 is 18.1 Å². The van der Waals surface area contributed by atoms with Gasteiger partial charge in [-0.25, -0.2) is 5.01 Å². The average molecular weight is 520 g/mol. The molecule has 7 heteroatoms. The van der Waals surface area contributed by atoms with Crippen LogP contribution in [0.1, 0.15) is 57.3 Å². The molecule has 7 nitrogen and oxygen atoms in total. The lowest BCUT2D eigenvalue weighted by Crippen LogP contribution is -2.66. The number of hydrogen-bond acceptors (Lipinski definition) is 4. The number of β-lactam (4-membered cyclic amide) rings is 1. The zero-order valence-corrected chi connectivity index (χ0v) is 21.5.